The minimum absolute atomic E-state index is 0.115. The molecule has 1 nitrogen and oxygen atoms in total. The zero-order valence-corrected chi connectivity index (χ0v) is 12.1. The average molecular weight is 325 g/mol. The predicted molar refractivity (Wildman–Crippen MR) is 68.6 cm³/mol. The number of ether oxygens (including phenoxy) is 1. The number of halogens is 4. The second-order valence-electron chi connectivity index (χ2n) is 4.83. The van der Waals surface area contributed by atoms with E-state index in [2.05, 4.69) is 20.7 Å². The van der Waals surface area contributed by atoms with E-state index in [-0.39, 0.29) is 6.42 Å². The summed E-state index contributed by atoms with van der Waals surface area (Å²) in [6.45, 7) is 3.57. The van der Waals surface area contributed by atoms with E-state index in [0.29, 0.717) is 0 Å². The van der Waals surface area contributed by atoms with Crippen LogP contribution >= 0.6 is 15.9 Å². The van der Waals surface area contributed by atoms with E-state index in [0.717, 1.165) is 17.1 Å². The van der Waals surface area contributed by atoms with E-state index >= 15 is 0 Å². The molecular formula is C13H16BrF3O. The van der Waals surface area contributed by atoms with Gasteiger partial charge in [-0.3, -0.25) is 0 Å². The maximum Gasteiger partial charge on any atom is 0.414 e. The van der Waals surface area contributed by atoms with Crippen LogP contribution in [0.4, 0.5) is 13.2 Å². The predicted octanol–water partition coefficient (Wildman–Crippen LogP) is 4.69. The van der Waals surface area contributed by atoms with Gasteiger partial charge in [0.25, 0.3) is 0 Å². The fraction of sp³-hybridized carbons (Fsp3) is 0.538. The molecular weight excluding hydrogens is 309 g/mol. The van der Waals surface area contributed by atoms with Crippen molar-refractivity contribution in [2.45, 2.75) is 38.0 Å². The molecule has 0 aliphatic carbocycles. The Morgan fingerprint density at radius 2 is 1.78 bits per heavy atom. The van der Waals surface area contributed by atoms with Crippen molar-refractivity contribution in [3.8, 4) is 0 Å². The van der Waals surface area contributed by atoms with Gasteiger partial charge in [-0.1, -0.05) is 48.0 Å². The lowest BCUT2D eigenvalue weighted by Crippen LogP contribution is -2.37. The molecule has 0 N–H and O–H groups in total. The quantitative estimate of drug-likeness (QED) is 0.780. The highest BCUT2D eigenvalue weighted by Gasteiger charge is 2.43. The van der Waals surface area contributed by atoms with Crippen molar-refractivity contribution < 1.29 is 17.9 Å². The van der Waals surface area contributed by atoms with Gasteiger partial charge in [-0.25, -0.2) is 0 Å². The van der Waals surface area contributed by atoms with Crippen LogP contribution in [0.5, 0.6) is 0 Å². The van der Waals surface area contributed by atoms with E-state index in [1.54, 1.807) is 13.8 Å². The van der Waals surface area contributed by atoms with Gasteiger partial charge < -0.3 is 4.74 Å². The van der Waals surface area contributed by atoms with Gasteiger partial charge in [0.2, 0.25) is 0 Å². The second kappa shape index (κ2) is 5.61. The van der Waals surface area contributed by atoms with Crippen LogP contribution in [-0.4, -0.2) is 19.4 Å². The Morgan fingerprint density at radius 1 is 1.22 bits per heavy atom. The summed E-state index contributed by atoms with van der Waals surface area (Å²) in [5.74, 6) is 0. The van der Waals surface area contributed by atoms with Gasteiger partial charge in [-0.15, -0.1) is 0 Å². The smallest absolute Gasteiger partial charge is 0.372 e. The molecule has 0 heterocycles. The molecule has 1 aromatic rings. The third-order valence-electron chi connectivity index (χ3n) is 2.95. The minimum Gasteiger partial charge on any atom is -0.372 e. The molecule has 0 saturated heterocycles. The normalized spacial score (nSPS) is 14.6. The summed E-state index contributed by atoms with van der Waals surface area (Å²) in [7, 11) is 1.09. The van der Waals surface area contributed by atoms with Crippen molar-refractivity contribution in [2.75, 3.05) is 7.11 Å². The molecule has 0 amide bonds. The van der Waals surface area contributed by atoms with Crippen LogP contribution in [0.15, 0.2) is 28.7 Å². The van der Waals surface area contributed by atoms with Crippen LogP contribution in [0.3, 0.4) is 0 Å². The van der Waals surface area contributed by atoms with E-state index < -0.39 is 17.7 Å². The molecule has 0 aromatic heterocycles. The summed E-state index contributed by atoms with van der Waals surface area (Å²) in [5, 5.41) is 0. The lowest BCUT2D eigenvalue weighted by Gasteiger charge is -2.31. The van der Waals surface area contributed by atoms with E-state index in [4.69, 9.17) is 0 Å². The number of benzene rings is 1. The molecule has 0 saturated carbocycles. The molecule has 102 valence electrons. The third-order valence-corrected chi connectivity index (χ3v) is 3.64. The molecule has 1 unspecified atom stereocenters. The average Bonchev–Trinajstić information content (AvgIpc) is 2.24. The van der Waals surface area contributed by atoms with E-state index in [9.17, 15) is 13.2 Å². The monoisotopic (exact) mass is 324 g/mol. The summed E-state index contributed by atoms with van der Waals surface area (Å²) in [6.07, 6.45) is -6.21. The van der Waals surface area contributed by atoms with Crippen molar-refractivity contribution in [3.63, 3.8) is 0 Å². The zero-order valence-electron chi connectivity index (χ0n) is 10.5. The summed E-state index contributed by atoms with van der Waals surface area (Å²) in [5.41, 5.74) is 0.215. The fourth-order valence-corrected chi connectivity index (χ4v) is 2.74. The first-order valence-corrected chi connectivity index (χ1v) is 6.32. The molecule has 1 rings (SSSR count). The minimum atomic E-state index is -4.34. The SMILES string of the molecule is COC(CC(C)(C)c1ccccc1Br)C(F)(F)F. The Hall–Kier alpha value is -0.550. The third kappa shape index (κ3) is 3.72. The molecule has 18 heavy (non-hydrogen) atoms. The Bertz CT molecular complexity index is 401. The molecule has 0 aliphatic heterocycles. The summed E-state index contributed by atoms with van der Waals surface area (Å²) in [4.78, 5) is 0. The summed E-state index contributed by atoms with van der Waals surface area (Å²) >= 11 is 3.37. The van der Waals surface area contributed by atoms with Crippen molar-refractivity contribution >= 4 is 15.9 Å². The Kier molecular flexibility index (Phi) is 4.84. The second-order valence-corrected chi connectivity index (χ2v) is 5.69. The fourth-order valence-electron chi connectivity index (χ4n) is 1.92. The Morgan fingerprint density at radius 3 is 2.22 bits per heavy atom. The van der Waals surface area contributed by atoms with Gasteiger partial charge >= 0.3 is 6.18 Å². The van der Waals surface area contributed by atoms with Crippen LogP contribution < -0.4 is 0 Å². The first-order valence-electron chi connectivity index (χ1n) is 5.53. The maximum absolute atomic E-state index is 12.7. The van der Waals surface area contributed by atoms with Crippen LogP contribution in [0, 0.1) is 0 Å². The van der Waals surface area contributed by atoms with Crippen molar-refractivity contribution in [1.82, 2.24) is 0 Å². The molecule has 1 atom stereocenters. The van der Waals surface area contributed by atoms with Gasteiger partial charge in [0.15, 0.2) is 6.10 Å². The number of alkyl halides is 3. The van der Waals surface area contributed by atoms with Gasteiger partial charge in [-0.05, 0) is 23.5 Å². The Labute approximate surface area is 113 Å². The van der Waals surface area contributed by atoms with Crippen LogP contribution in [0.1, 0.15) is 25.8 Å². The zero-order chi connectivity index (χ0) is 14.0. The topological polar surface area (TPSA) is 9.23 Å². The summed E-state index contributed by atoms with van der Waals surface area (Å²) in [6, 6.07) is 7.30. The first kappa shape index (κ1) is 15.5. The van der Waals surface area contributed by atoms with Gasteiger partial charge in [0.05, 0.1) is 0 Å². The highest BCUT2D eigenvalue weighted by atomic mass is 79.9. The first-order chi connectivity index (χ1) is 8.18. The largest absolute Gasteiger partial charge is 0.414 e. The van der Waals surface area contributed by atoms with Gasteiger partial charge in [0.1, 0.15) is 0 Å². The maximum atomic E-state index is 12.7. The highest BCUT2D eigenvalue weighted by molar-refractivity contribution is 9.10. The molecule has 0 radical (unpaired) electrons. The molecule has 5 heteroatoms. The number of hydrogen-bond acceptors (Lipinski definition) is 1. The van der Waals surface area contributed by atoms with E-state index in [1.165, 1.54) is 0 Å². The van der Waals surface area contributed by atoms with E-state index in [1.807, 2.05) is 24.3 Å². The molecule has 0 bridgehead atoms. The Balaban J connectivity index is 2.98. The standard InChI is InChI=1S/C13H16BrF3O/c1-12(2,8-11(18-3)13(15,16)17)9-6-4-5-7-10(9)14/h4-7,11H,8H2,1-3H3. The van der Waals surface area contributed by atoms with Gasteiger partial charge in [-0.2, -0.15) is 13.2 Å². The van der Waals surface area contributed by atoms with Crippen LogP contribution in [0.2, 0.25) is 0 Å². The van der Waals surface area contributed by atoms with Crippen molar-refractivity contribution in [3.05, 3.63) is 34.3 Å². The van der Waals surface area contributed by atoms with Crippen LogP contribution in [0.25, 0.3) is 0 Å². The number of rotatable bonds is 4. The molecule has 0 fully saturated rings. The summed E-state index contributed by atoms with van der Waals surface area (Å²) < 4.78 is 43.6. The van der Waals surface area contributed by atoms with Gasteiger partial charge in [0, 0.05) is 11.6 Å². The molecule has 0 aliphatic rings. The molecule has 0 spiro atoms. The highest BCUT2D eigenvalue weighted by Crippen LogP contribution is 2.38. The lowest BCUT2D eigenvalue weighted by molar-refractivity contribution is -0.217. The molecule has 1 aromatic carbocycles. The number of methoxy groups -OCH3 is 1. The van der Waals surface area contributed by atoms with Crippen molar-refractivity contribution in [1.29, 1.82) is 0 Å². The lowest BCUT2D eigenvalue weighted by atomic mass is 9.79. The van der Waals surface area contributed by atoms with Crippen LogP contribution in [-0.2, 0) is 10.2 Å². The number of hydrogen-bond donors (Lipinski definition) is 0. The van der Waals surface area contributed by atoms with Crippen molar-refractivity contribution in [2.24, 2.45) is 0 Å².